The van der Waals surface area contributed by atoms with Crippen LogP contribution in [0.4, 0.5) is 10.3 Å². The molecule has 1 fully saturated rings. The second-order valence-electron chi connectivity index (χ2n) is 5.70. The Bertz CT molecular complexity index is 739. The molecule has 0 N–H and O–H groups in total. The van der Waals surface area contributed by atoms with Crippen molar-refractivity contribution in [3.05, 3.63) is 47.5 Å². The maximum Gasteiger partial charge on any atom is 0.263 e. The van der Waals surface area contributed by atoms with Crippen molar-refractivity contribution >= 4 is 23.5 Å². The van der Waals surface area contributed by atoms with Crippen LogP contribution in [0.2, 0.25) is 5.02 Å². The van der Waals surface area contributed by atoms with Crippen molar-refractivity contribution in [2.75, 3.05) is 31.1 Å². The van der Waals surface area contributed by atoms with Crippen molar-refractivity contribution in [1.29, 1.82) is 0 Å². The number of benzene rings is 1. The van der Waals surface area contributed by atoms with Gasteiger partial charge in [0.05, 0.1) is 5.02 Å². The van der Waals surface area contributed by atoms with Crippen LogP contribution in [0.15, 0.2) is 36.7 Å². The Kier molecular flexibility index (Phi) is 5.33. The van der Waals surface area contributed by atoms with Crippen molar-refractivity contribution < 1.29 is 13.9 Å². The number of carbonyl (C=O) groups excluding carboxylic acids is 1. The van der Waals surface area contributed by atoms with Gasteiger partial charge >= 0.3 is 0 Å². The Hall–Kier alpha value is -2.41. The number of ether oxygens (including phenoxy) is 1. The molecule has 25 heavy (non-hydrogen) atoms. The van der Waals surface area contributed by atoms with Crippen molar-refractivity contribution in [1.82, 2.24) is 14.9 Å². The van der Waals surface area contributed by atoms with Crippen molar-refractivity contribution in [2.24, 2.45) is 0 Å². The number of amides is 1. The molecular formula is C17H18ClFN4O2. The zero-order chi connectivity index (χ0) is 17.8. The van der Waals surface area contributed by atoms with Crippen molar-refractivity contribution in [3.63, 3.8) is 0 Å². The van der Waals surface area contributed by atoms with E-state index in [4.69, 9.17) is 16.3 Å². The minimum atomic E-state index is -0.706. The van der Waals surface area contributed by atoms with Crippen molar-refractivity contribution in [2.45, 2.75) is 13.0 Å². The summed E-state index contributed by atoms with van der Waals surface area (Å²) in [7, 11) is 0. The zero-order valence-corrected chi connectivity index (χ0v) is 14.5. The lowest BCUT2D eigenvalue weighted by molar-refractivity contribution is -0.138. The quantitative estimate of drug-likeness (QED) is 0.833. The Morgan fingerprint density at radius 2 is 1.92 bits per heavy atom. The fourth-order valence-corrected chi connectivity index (χ4v) is 2.86. The van der Waals surface area contributed by atoms with Crippen LogP contribution in [0.5, 0.6) is 5.75 Å². The highest BCUT2D eigenvalue weighted by molar-refractivity contribution is 6.32. The number of hydrogen-bond donors (Lipinski definition) is 0. The van der Waals surface area contributed by atoms with E-state index in [0.717, 1.165) is 6.07 Å². The Morgan fingerprint density at radius 3 is 2.56 bits per heavy atom. The number of rotatable bonds is 4. The van der Waals surface area contributed by atoms with Crippen LogP contribution in [0.25, 0.3) is 0 Å². The molecule has 1 aliphatic rings. The lowest BCUT2D eigenvalue weighted by atomic mass is 10.2. The van der Waals surface area contributed by atoms with Crippen LogP contribution in [-0.2, 0) is 4.79 Å². The summed E-state index contributed by atoms with van der Waals surface area (Å²) >= 11 is 5.94. The molecule has 0 bridgehead atoms. The average Bonchev–Trinajstić information content (AvgIpc) is 2.64. The second-order valence-corrected chi connectivity index (χ2v) is 6.10. The molecule has 3 rings (SSSR count). The first kappa shape index (κ1) is 17.4. The van der Waals surface area contributed by atoms with E-state index in [0.29, 0.717) is 37.9 Å². The van der Waals surface area contributed by atoms with Gasteiger partial charge in [-0.05, 0) is 31.2 Å². The first-order valence-corrected chi connectivity index (χ1v) is 8.35. The van der Waals surface area contributed by atoms with E-state index in [2.05, 4.69) is 9.97 Å². The topological polar surface area (TPSA) is 58.6 Å². The predicted octanol–water partition coefficient (Wildman–Crippen LogP) is 2.39. The van der Waals surface area contributed by atoms with Gasteiger partial charge < -0.3 is 14.5 Å². The number of piperazine rings is 1. The maximum absolute atomic E-state index is 13.1. The summed E-state index contributed by atoms with van der Waals surface area (Å²) in [5, 5.41) is 0.144. The van der Waals surface area contributed by atoms with Gasteiger partial charge in [0, 0.05) is 38.6 Å². The van der Waals surface area contributed by atoms with E-state index in [1.54, 1.807) is 30.3 Å². The van der Waals surface area contributed by atoms with Gasteiger partial charge in [-0.3, -0.25) is 4.79 Å². The molecule has 6 nitrogen and oxygen atoms in total. The molecule has 1 amide bonds. The summed E-state index contributed by atoms with van der Waals surface area (Å²) in [4.78, 5) is 24.8. The summed E-state index contributed by atoms with van der Waals surface area (Å²) in [5.74, 6) is 0.377. The third-order valence-electron chi connectivity index (χ3n) is 3.97. The van der Waals surface area contributed by atoms with Gasteiger partial charge in [0.1, 0.15) is 11.6 Å². The smallest absolute Gasteiger partial charge is 0.263 e. The highest BCUT2D eigenvalue weighted by Crippen LogP contribution is 2.26. The van der Waals surface area contributed by atoms with Crippen LogP contribution in [0.1, 0.15) is 6.92 Å². The molecule has 1 aromatic heterocycles. The van der Waals surface area contributed by atoms with Crippen LogP contribution in [0.3, 0.4) is 0 Å². The Labute approximate surface area is 150 Å². The summed E-state index contributed by atoms with van der Waals surface area (Å²) in [6.07, 6.45) is 2.69. The normalized spacial score (nSPS) is 15.8. The van der Waals surface area contributed by atoms with E-state index < -0.39 is 11.9 Å². The Morgan fingerprint density at radius 1 is 1.24 bits per heavy atom. The number of carbonyl (C=O) groups is 1. The minimum Gasteiger partial charge on any atom is -0.479 e. The first-order valence-electron chi connectivity index (χ1n) is 7.97. The second kappa shape index (κ2) is 7.65. The summed E-state index contributed by atoms with van der Waals surface area (Å²) in [6.45, 7) is 4.08. The van der Waals surface area contributed by atoms with Crippen LogP contribution < -0.4 is 9.64 Å². The molecule has 2 heterocycles. The number of aromatic nitrogens is 2. The molecule has 0 unspecified atom stereocenters. The van der Waals surface area contributed by atoms with Gasteiger partial charge in [0.25, 0.3) is 5.91 Å². The highest BCUT2D eigenvalue weighted by atomic mass is 35.5. The van der Waals surface area contributed by atoms with E-state index in [9.17, 15) is 9.18 Å². The highest BCUT2D eigenvalue weighted by Gasteiger charge is 2.27. The monoisotopic (exact) mass is 364 g/mol. The van der Waals surface area contributed by atoms with Gasteiger partial charge in [-0.2, -0.15) is 0 Å². The Balaban J connectivity index is 1.56. The van der Waals surface area contributed by atoms with Gasteiger partial charge in [-0.25, -0.2) is 14.4 Å². The van der Waals surface area contributed by atoms with E-state index in [1.165, 1.54) is 12.1 Å². The lowest BCUT2D eigenvalue weighted by Crippen LogP contribution is -2.52. The van der Waals surface area contributed by atoms with Gasteiger partial charge in [-0.15, -0.1) is 0 Å². The fraction of sp³-hybridized carbons (Fsp3) is 0.353. The molecule has 0 aliphatic carbocycles. The molecular weight excluding hydrogens is 347 g/mol. The summed E-state index contributed by atoms with van der Waals surface area (Å²) in [6, 6.07) is 5.60. The first-order chi connectivity index (χ1) is 12.0. The zero-order valence-electron chi connectivity index (χ0n) is 13.7. The van der Waals surface area contributed by atoms with E-state index in [-0.39, 0.29) is 10.9 Å². The van der Waals surface area contributed by atoms with Crippen LogP contribution in [-0.4, -0.2) is 53.1 Å². The number of nitrogens with zero attached hydrogens (tertiary/aromatic N) is 4. The predicted molar refractivity (Wildman–Crippen MR) is 92.3 cm³/mol. The standard InChI is InChI=1S/C17H18ClFN4O2/c1-12(25-15-4-3-13(19)11-14(15)18)16(24)22-7-9-23(10-8-22)17-20-5-2-6-21-17/h2-6,11-12H,7-10H2,1H3/t12-/m0/s1. The third kappa shape index (κ3) is 4.17. The summed E-state index contributed by atoms with van der Waals surface area (Å²) in [5.41, 5.74) is 0. The van der Waals surface area contributed by atoms with Crippen molar-refractivity contribution in [3.8, 4) is 5.75 Å². The van der Waals surface area contributed by atoms with Gasteiger partial charge in [0.15, 0.2) is 6.10 Å². The number of halogens is 2. The molecule has 1 aromatic carbocycles. The van der Waals surface area contributed by atoms with Crippen LogP contribution >= 0.6 is 11.6 Å². The molecule has 0 saturated carbocycles. The van der Waals surface area contributed by atoms with Gasteiger partial charge in [-0.1, -0.05) is 11.6 Å². The molecule has 1 atom stereocenters. The minimum absolute atomic E-state index is 0.131. The maximum atomic E-state index is 13.1. The van der Waals surface area contributed by atoms with E-state index >= 15 is 0 Å². The number of anilines is 1. The molecule has 2 aromatic rings. The molecule has 8 heteroatoms. The molecule has 0 spiro atoms. The molecule has 132 valence electrons. The lowest BCUT2D eigenvalue weighted by Gasteiger charge is -2.35. The summed E-state index contributed by atoms with van der Waals surface area (Å²) < 4.78 is 18.7. The molecule has 1 aliphatic heterocycles. The molecule has 1 saturated heterocycles. The van der Waals surface area contributed by atoms with E-state index in [1.807, 2.05) is 4.90 Å². The largest absolute Gasteiger partial charge is 0.479 e. The van der Waals surface area contributed by atoms with Gasteiger partial charge in [0.2, 0.25) is 5.95 Å². The average molecular weight is 365 g/mol. The SMILES string of the molecule is C[C@H](Oc1ccc(F)cc1Cl)C(=O)N1CCN(c2ncccn2)CC1. The number of hydrogen-bond acceptors (Lipinski definition) is 5. The molecule has 0 radical (unpaired) electrons. The third-order valence-corrected chi connectivity index (χ3v) is 4.27. The fourth-order valence-electron chi connectivity index (χ4n) is 2.65. The van der Waals surface area contributed by atoms with Crippen LogP contribution in [0, 0.1) is 5.82 Å².